The van der Waals surface area contributed by atoms with Crippen molar-refractivity contribution in [1.82, 2.24) is 14.4 Å². The number of carboxylic acid groups (broad SMARTS) is 1. The summed E-state index contributed by atoms with van der Waals surface area (Å²) >= 11 is 6.45. The van der Waals surface area contributed by atoms with Gasteiger partial charge in [0.05, 0.1) is 11.3 Å². The van der Waals surface area contributed by atoms with Crippen LogP contribution in [0.3, 0.4) is 0 Å². The quantitative estimate of drug-likeness (QED) is 0.391. The first-order chi connectivity index (χ1) is 18.2. The number of benzene rings is 1. The van der Waals surface area contributed by atoms with Crippen LogP contribution in [0, 0.1) is 18.3 Å². The second kappa shape index (κ2) is 11.9. The number of carbonyl (C=O) groups excluding carboxylic acids is 1. The predicted molar refractivity (Wildman–Crippen MR) is 152 cm³/mol. The summed E-state index contributed by atoms with van der Waals surface area (Å²) in [6, 6.07) is 12.3. The monoisotopic (exact) mass is 551 g/mol. The molecule has 3 heterocycles. The number of nitriles is 1. The van der Waals surface area contributed by atoms with E-state index < -0.39 is 5.97 Å². The number of amides is 1. The fourth-order valence-corrected chi connectivity index (χ4v) is 6.06. The minimum absolute atomic E-state index is 0.00947. The second-order valence-electron chi connectivity index (χ2n) is 9.12. The van der Waals surface area contributed by atoms with Gasteiger partial charge < -0.3 is 10.0 Å². The summed E-state index contributed by atoms with van der Waals surface area (Å²) in [7, 11) is 0. The number of nitrogens with zero attached hydrogens (tertiary/aromatic N) is 5. The molecular formula is C27H29N5O4S2. The fourth-order valence-electron chi connectivity index (χ4n) is 4.77. The van der Waals surface area contributed by atoms with Gasteiger partial charge in [-0.25, -0.2) is 0 Å². The predicted octanol–water partition coefficient (Wildman–Crippen LogP) is 3.05. The molecule has 0 unspecified atom stereocenters. The molecule has 0 atom stereocenters. The number of thioether (sulfide) groups is 1. The Balaban J connectivity index is 1.69. The van der Waals surface area contributed by atoms with Crippen molar-refractivity contribution in [3.63, 3.8) is 0 Å². The average Bonchev–Trinajstić information content (AvgIpc) is 3.17. The Morgan fingerprint density at radius 3 is 2.47 bits per heavy atom. The number of aromatic nitrogens is 1. The summed E-state index contributed by atoms with van der Waals surface area (Å²) in [5, 5.41) is 18.8. The van der Waals surface area contributed by atoms with E-state index in [9.17, 15) is 19.6 Å². The van der Waals surface area contributed by atoms with Gasteiger partial charge in [-0.15, -0.1) is 0 Å². The van der Waals surface area contributed by atoms with Gasteiger partial charge in [-0.2, -0.15) is 5.26 Å². The van der Waals surface area contributed by atoms with Crippen LogP contribution in [0.1, 0.15) is 35.6 Å². The van der Waals surface area contributed by atoms with E-state index in [1.807, 2.05) is 31.2 Å². The van der Waals surface area contributed by atoms with Crippen molar-refractivity contribution in [3.05, 3.63) is 67.8 Å². The summed E-state index contributed by atoms with van der Waals surface area (Å²) in [6.45, 7) is 7.74. The highest BCUT2D eigenvalue weighted by Gasteiger charge is 2.33. The Bertz CT molecular complexity index is 1390. The summed E-state index contributed by atoms with van der Waals surface area (Å²) in [4.78, 5) is 43.6. The third-order valence-corrected chi connectivity index (χ3v) is 8.16. The molecule has 1 aromatic carbocycles. The molecule has 38 heavy (non-hydrogen) atoms. The molecule has 1 aromatic heterocycles. The first-order valence-electron chi connectivity index (χ1n) is 12.4. The Morgan fingerprint density at radius 1 is 1.18 bits per heavy atom. The molecule has 2 aliphatic heterocycles. The zero-order chi connectivity index (χ0) is 27.4. The van der Waals surface area contributed by atoms with Crippen LogP contribution in [0.4, 0.5) is 5.82 Å². The third-order valence-electron chi connectivity index (χ3n) is 6.78. The normalized spacial score (nSPS) is 17.3. The lowest BCUT2D eigenvalue weighted by molar-refractivity contribution is -0.137. The SMILES string of the molecule is CCn1c(N2CCN(Cc3ccccc3)CC2)c(/C=C2/SC(=S)N(CCC(=O)O)C2=O)c(C)c(C#N)c1=O. The molecule has 0 saturated carbocycles. The van der Waals surface area contributed by atoms with Crippen molar-refractivity contribution in [3.8, 4) is 6.07 Å². The summed E-state index contributed by atoms with van der Waals surface area (Å²) in [5.74, 6) is -0.697. The van der Waals surface area contributed by atoms with Crippen LogP contribution in [0.25, 0.3) is 6.08 Å². The zero-order valence-electron chi connectivity index (χ0n) is 21.3. The maximum absolute atomic E-state index is 13.3. The minimum Gasteiger partial charge on any atom is -0.481 e. The van der Waals surface area contributed by atoms with Crippen molar-refractivity contribution < 1.29 is 14.7 Å². The topological polar surface area (TPSA) is 110 Å². The number of hydrogen-bond donors (Lipinski definition) is 1. The molecule has 2 aliphatic rings. The molecular weight excluding hydrogens is 522 g/mol. The van der Waals surface area contributed by atoms with E-state index >= 15 is 0 Å². The van der Waals surface area contributed by atoms with Crippen LogP contribution >= 0.6 is 24.0 Å². The molecule has 2 fully saturated rings. The van der Waals surface area contributed by atoms with Gasteiger partial charge in [0.1, 0.15) is 21.8 Å². The van der Waals surface area contributed by atoms with Gasteiger partial charge in [0.2, 0.25) is 0 Å². The molecule has 2 aromatic rings. The van der Waals surface area contributed by atoms with Crippen molar-refractivity contribution in [2.24, 2.45) is 0 Å². The van der Waals surface area contributed by atoms with Gasteiger partial charge in [-0.05, 0) is 31.1 Å². The lowest BCUT2D eigenvalue weighted by Crippen LogP contribution is -2.48. The Kier molecular flexibility index (Phi) is 8.66. The summed E-state index contributed by atoms with van der Waals surface area (Å²) in [5.41, 5.74) is 2.09. The first-order valence-corrected chi connectivity index (χ1v) is 13.6. The molecule has 0 bridgehead atoms. The number of aliphatic carboxylic acids is 1. The van der Waals surface area contributed by atoms with Crippen LogP contribution < -0.4 is 10.5 Å². The lowest BCUT2D eigenvalue weighted by Gasteiger charge is -2.38. The number of hydrogen-bond acceptors (Lipinski definition) is 8. The number of piperazine rings is 1. The number of rotatable bonds is 8. The van der Waals surface area contributed by atoms with E-state index in [-0.39, 0.29) is 30.0 Å². The van der Waals surface area contributed by atoms with E-state index in [0.29, 0.717) is 45.8 Å². The minimum atomic E-state index is -1.01. The van der Waals surface area contributed by atoms with Gasteiger partial charge in [0.25, 0.3) is 11.5 Å². The second-order valence-corrected chi connectivity index (χ2v) is 10.8. The van der Waals surface area contributed by atoms with Crippen LogP contribution in [-0.2, 0) is 22.7 Å². The molecule has 11 heteroatoms. The highest BCUT2D eigenvalue weighted by atomic mass is 32.2. The maximum Gasteiger partial charge on any atom is 0.305 e. The molecule has 0 aliphatic carbocycles. The molecule has 4 rings (SSSR count). The number of thiocarbonyl (C=S) groups is 1. The van der Waals surface area contributed by atoms with E-state index in [1.165, 1.54) is 10.5 Å². The van der Waals surface area contributed by atoms with E-state index in [4.69, 9.17) is 17.3 Å². The van der Waals surface area contributed by atoms with E-state index in [0.717, 1.165) is 31.4 Å². The molecule has 2 saturated heterocycles. The van der Waals surface area contributed by atoms with Crippen LogP contribution in [-0.4, -0.2) is 68.4 Å². The van der Waals surface area contributed by atoms with Gasteiger partial charge >= 0.3 is 5.97 Å². The highest BCUT2D eigenvalue weighted by molar-refractivity contribution is 8.26. The number of pyridine rings is 1. The smallest absolute Gasteiger partial charge is 0.305 e. The van der Waals surface area contributed by atoms with Crippen LogP contribution in [0.5, 0.6) is 0 Å². The molecule has 0 spiro atoms. The fraction of sp³-hybridized carbons (Fsp3) is 0.370. The van der Waals surface area contributed by atoms with Crippen molar-refractivity contribution in [2.75, 3.05) is 37.6 Å². The average molecular weight is 552 g/mol. The van der Waals surface area contributed by atoms with E-state index in [1.54, 1.807) is 17.6 Å². The molecule has 1 N–H and O–H groups in total. The van der Waals surface area contributed by atoms with Crippen molar-refractivity contribution >= 4 is 52.1 Å². The molecule has 9 nitrogen and oxygen atoms in total. The Morgan fingerprint density at radius 2 is 1.87 bits per heavy atom. The van der Waals surface area contributed by atoms with E-state index in [2.05, 4.69) is 21.9 Å². The molecule has 1 amide bonds. The number of anilines is 1. The van der Waals surface area contributed by atoms with Gasteiger partial charge in [-0.3, -0.25) is 28.8 Å². The summed E-state index contributed by atoms with van der Waals surface area (Å²) < 4.78 is 1.90. The third kappa shape index (κ3) is 5.67. The van der Waals surface area contributed by atoms with Crippen LogP contribution in [0.2, 0.25) is 0 Å². The zero-order valence-corrected chi connectivity index (χ0v) is 23.0. The maximum atomic E-state index is 13.3. The van der Waals surface area contributed by atoms with Crippen molar-refractivity contribution in [2.45, 2.75) is 33.4 Å². The number of carbonyl (C=O) groups is 2. The van der Waals surface area contributed by atoms with Gasteiger partial charge in [0.15, 0.2) is 0 Å². The van der Waals surface area contributed by atoms with Crippen LogP contribution in [0.15, 0.2) is 40.0 Å². The standard InChI is InChI=1S/C27H29N5O4S2/c1-3-31-24(30-13-11-29(12-14-30)17-19-7-5-4-6-8-19)20(18(2)21(16-28)25(31)35)15-22-26(36)32(27(37)38-22)10-9-23(33)34/h4-8,15H,3,9-14,17H2,1-2H3,(H,33,34)/b22-15+. The lowest BCUT2D eigenvalue weighted by atomic mass is 10.0. The van der Waals surface area contributed by atoms with Gasteiger partial charge in [-0.1, -0.05) is 54.3 Å². The Labute approximate surface area is 230 Å². The summed E-state index contributed by atoms with van der Waals surface area (Å²) in [6.07, 6.45) is 1.49. The van der Waals surface area contributed by atoms with Crippen molar-refractivity contribution in [1.29, 1.82) is 5.26 Å². The highest BCUT2D eigenvalue weighted by Crippen LogP contribution is 2.36. The molecule has 198 valence electrons. The molecule has 0 radical (unpaired) electrons. The largest absolute Gasteiger partial charge is 0.481 e. The number of carboxylic acids is 1. The van der Waals surface area contributed by atoms with Gasteiger partial charge in [0, 0.05) is 51.4 Å². The first kappa shape index (κ1) is 27.6. The Hall–Kier alpha value is -3.46.